The predicted molar refractivity (Wildman–Crippen MR) is 319 cm³/mol. The summed E-state index contributed by atoms with van der Waals surface area (Å²) in [7, 11) is -2.48. The average molecular weight is 1270 g/mol. The van der Waals surface area contributed by atoms with E-state index >= 15 is 4.79 Å². The van der Waals surface area contributed by atoms with E-state index in [9.17, 15) is 46.8 Å². The van der Waals surface area contributed by atoms with Crippen molar-refractivity contribution >= 4 is 85.9 Å². The minimum Gasteiger partial charge on any atom is -0.497 e. The standard InChI is InChI=1S/C59H82N10O17S2/c1-3-37-32-59(37,57(77)67-88(79,80)41-14-15-41)66-53(74)45-30-39(85-54-42-16-13-38(81-2)29-36(42)19-22-62-54)34-69(45)55(75)43(17-18-51(73)68-33-40-31-46(68)56(76)86-40)63-50(72)12-6-11-49(71)61-21-8-24-83-26-28-84-27-25-82-23-7-20-60-48(70)10-5-4-9-47-52-44(35-87-47)64-58(78)65-52/h3,13,16,19,22,29,37,39-41,43-47,52H,1,4-12,14-15,17-18,20-21,23-28,30-35H2,2H3,(H,60,70)(H,61,71)(H,63,72)(H,66,74)(H,67,77)(H2,64,65,78)/t37-,39?,40?,43-,44-,45-,46-,47-,52-,59?/m0/s1. The number of likely N-dealkylation sites (tertiary alicyclic amines) is 2. The van der Waals surface area contributed by atoms with Crippen molar-refractivity contribution in [3.63, 3.8) is 0 Å². The highest BCUT2D eigenvalue weighted by Crippen LogP contribution is 2.46. The van der Waals surface area contributed by atoms with Gasteiger partial charge in [0.05, 0.1) is 64.0 Å². The number of aromatic nitrogens is 1. The summed E-state index contributed by atoms with van der Waals surface area (Å²) in [5.74, 6) is -3.23. The number of nitrogens with zero attached hydrogens (tertiary/aromatic N) is 3. The number of benzene rings is 1. The van der Waals surface area contributed by atoms with Crippen LogP contribution in [0.4, 0.5) is 4.79 Å². The van der Waals surface area contributed by atoms with Crippen LogP contribution < -0.4 is 46.1 Å². The largest absolute Gasteiger partial charge is 0.497 e. The molecule has 0 radical (unpaired) electrons. The zero-order chi connectivity index (χ0) is 62.4. The number of thioether (sulfide) groups is 1. The smallest absolute Gasteiger partial charge is 0.329 e. The van der Waals surface area contributed by atoms with E-state index in [1.165, 1.54) is 29.2 Å². The van der Waals surface area contributed by atoms with Gasteiger partial charge in [0.1, 0.15) is 41.6 Å². The fourth-order valence-electron chi connectivity index (χ4n) is 11.9. The van der Waals surface area contributed by atoms with Crippen LogP contribution in [0.2, 0.25) is 0 Å². The number of carbonyl (C=O) groups is 9. The summed E-state index contributed by atoms with van der Waals surface area (Å²) in [4.78, 5) is 127. The summed E-state index contributed by atoms with van der Waals surface area (Å²) in [6.07, 6.45) is 6.53. The number of morpholine rings is 1. The zero-order valence-electron chi connectivity index (χ0n) is 49.6. The van der Waals surface area contributed by atoms with Crippen molar-refractivity contribution in [1.82, 2.24) is 51.4 Å². The molecule has 7 N–H and O–H groups in total. The fourth-order valence-corrected chi connectivity index (χ4v) is 14.8. The van der Waals surface area contributed by atoms with Gasteiger partial charge >= 0.3 is 12.0 Å². The molecule has 5 saturated heterocycles. The molecule has 7 fully saturated rings. The topological polar surface area (TPSA) is 347 Å². The number of rotatable bonds is 37. The molecule has 2 saturated carbocycles. The van der Waals surface area contributed by atoms with Gasteiger partial charge in [0.15, 0.2) is 0 Å². The van der Waals surface area contributed by atoms with E-state index in [0.29, 0.717) is 108 Å². The molecule has 9 amide bonds. The Balaban J connectivity index is 0.702. The highest BCUT2D eigenvalue weighted by molar-refractivity contribution is 8.00. The predicted octanol–water partition coefficient (Wildman–Crippen LogP) is 1.01. The number of carbonyl (C=O) groups excluding carboxylic acids is 9. The Kier molecular flexibility index (Phi) is 22.8. The van der Waals surface area contributed by atoms with Gasteiger partial charge in [-0.15, -0.1) is 6.58 Å². The van der Waals surface area contributed by atoms with Crippen LogP contribution in [-0.4, -0.2) is 214 Å². The van der Waals surface area contributed by atoms with Crippen LogP contribution in [0.3, 0.4) is 0 Å². The van der Waals surface area contributed by atoms with Crippen LogP contribution in [0.25, 0.3) is 10.8 Å². The van der Waals surface area contributed by atoms with E-state index in [2.05, 4.69) is 48.2 Å². The molecule has 1 aromatic carbocycles. The van der Waals surface area contributed by atoms with E-state index in [0.717, 1.165) is 30.4 Å². The van der Waals surface area contributed by atoms with Gasteiger partial charge in [0, 0.05) is 93.3 Å². The van der Waals surface area contributed by atoms with Crippen LogP contribution in [0, 0.1) is 5.92 Å². The Morgan fingerprint density at radius 2 is 1.56 bits per heavy atom. The van der Waals surface area contributed by atoms with Crippen LogP contribution in [0.15, 0.2) is 43.1 Å². The first-order valence-corrected chi connectivity index (χ1v) is 33.2. The lowest BCUT2D eigenvalue weighted by molar-refractivity contribution is -0.157. The number of unbranched alkanes of at least 4 members (excludes halogenated alkanes) is 1. The average Bonchev–Trinajstić information content (AvgIpc) is 1.68. The number of fused-ring (bicyclic) bond motifs is 4. The van der Waals surface area contributed by atoms with E-state index in [4.69, 9.17) is 28.4 Å². The van der Waals surface area contributed by atoms with Gasteiger partial charge in [0.25, 0.3) is 5.91 Å². The molecule has 0 spiro atoms. The number of sulfonamides is 1. The highest BCUT2D eigenvalue weighted by atomic mass is 32.2. The summed E-state index contributed by atoms with van der Waals surface area (Å²) < 4.78 is 61.9. The molecule has 88 heavy (non-hydrogen) atoms. The first kappa shape index (κ1) is 65.6. The first-order valence-electron chi connectivity index (χ1n) is 30.6. The van der Waals surface area contributed by atoms with E-state index in [1.54, 1.807) is 24.3 Å². The van der Waals surface area contributed by atoms with Crippen molar-refractivity contribution in [2.24, 2.45) is 5.92 Å². The molecule has 5 aliphatic heterocycles. The lowest BCUT2D eigenvalue weighted by Gasteiger charge is -2.30. The first-order chi connectivity index (χ1) is 42.4. The molecule has 6 heterocycles. The Bertz CT molecular complexity index is 3010. The number of methoxy groups -OCH3 is 1. The summed E-state index contributed by atoms with van der Waals surface area (Å²) in [6.45, 7) is 6.95. The quantitative estimate of drug-likeness (QED) is 0.0215. The number of urea groups is 1. The number of amides is 9. The van der Waals surface area contributed by atoms with Crippen molar-refractivity contribution in [2.45, 2.75) is 161 Å². The summed E-state index contributed by atoms with van der Waals surface area (Å²) in [5, 5.41) is 18.2. The van der Waals surface area contributed by atoms with Gasteiger partial charge in [-0.1, -0.05) is 12.5 Å². The molecule has 7 aliphatic rings. The SMILES string of the molecule is C=C[C@H]1CC1(NC(=O)[C@@H]1CC(Oc2nccc3cc(OC)ccc23)CN1C(=O)[C@H](CCC(=O)N1CC2C[C@H]1C(=O)O2)NC(=O)CCCC(=O)NCCCOCCOCCOCCCNC(=O)CCCC[C@@H]1SC[C@@H]2NC(=O)N[C@@H]21)C(=O)NS(=O)(=O)C1CC1. The number of hydrogen-bond donors (Lipinski definition) is 7. The lowest BCUT2D eigenvalue weighted by Crippen LogP contribution is -2.58. The summed E-state index contributed by atoms with van der Waals surface area (Å²) >= 11 is 1.88. The summed E-state index contributed by atoms with van der Waals surface area (Å²) in [5.41, 5.74) is -1.68. The van der Waals surface area contributed by atoms with Crippen molar-refractivity contribution in [1.29, 1.82) is 0 Å². The van der Waals surface area contributed by atoms with Crippen molar-refractivity contribution < 1.29 is 80.0 Å². The van der Waals surface area contributed by atoms with Gasteiger partial charge in [-0.3, -0.25) is 38.3 Å². The molecule has 3 unspecified atom stereocenters. The maximum absolute atomic E-state index is 15.0. The second-order valence-electron chi connectivity index (χ2n) is 23.3. The monoisotopic (exact) mass is 1270 g/mol. The number of pyridine rings is 1. The minimum absolute atomic E-state index is 0.0156. The third-order valence-electron chi connectivity index (χ3n) is 16.9. The van der Waals surface area contributed by atoms with E-state index < -0.39 is 92.6 Å². The van der Waals surface area contributed by atoms with Crippen molar-refractivity contribution in [2.75, 3.05) is 78.7 Å². The molecular weight excluding hydrogens is 1180 g/mol. The molecule has 2 aliphatic carbocycles. The van der Waals surface area contributed by atoms with Crippen LogP contribution in [0.1, 0.15) is 103 Å². The van der Waals surface area contributed by atoms with E-state index in [-0.39, 0.29) is 93.8 Å². The minimum atomic E-state index is -4.01. The highest BCUT2D eigenvalue weighted by Gasteiger charge is 2.62. The van der Waals surface area contributed by atoms with Gasteiger partial charge in [-0.2, -0.15) is 11.8 Å². The molecular formula is C59H82N10O17S2. The number of esters is 1. The molecule has 10 atom stereocenters. The Morgan fingerprint density at radius 3 is 2.23 bits per heavy atom. The molecule has 27 nitrogen and oxygen atoms in total. The molecule has 9 rings (SSSR count). The van der Waals surface area contributed by atoms with Gasteiger partial charge in [-0.25, -0.2) is 23.0 Å². The van der Waals surface area contributed by atoms with Crippen LogP contribution >= 0.6 is 11.8 Å². The third-order valence-corrected chi connectivity index (χ3v) is 20.3. The van der Waals surface area contributed by atoms with Crippen molar-refractivity contribution in [3.05, 3.63) is 43.1 Å². The number of ether oxygens (including phenoxy) is 6. The fraction of sp³-hybridized carbons (Fsp3) is 0.661. The Labute approximate surface area is 515 Å². The molecule has 2 bridgehead atoms. The molecule has 1 aromatic heterocycles. The number of nitrogens with one attached hydrogen (secondary N) is 7. The number of hydrogen-bond acceptors (Lipinski definition) is 19. The van der Waals surface area contributed by atoms with Gasteiger partial charge < -0.3 is 70.1 Å². The maximum atomic E-state index is 15.0. The lowest BCUT2D eigenvalue weighted by atomic mass is 10.0. The second kappa shape index (κ2) is 30.6. The van der Waals surface area contributed by atoms with Crippen molar-refractivity contribution in [3.8, 4) is 11.6 Å². The molecule has 2 aromatic rings. The molecule has 29 heteroatoms. The zero-order valence-corrected chi connectivity index (χ0v) is 51.3. The Morgan fingerprint density at radius 1 is 0.852 bits per heavy atom. The maximum Gasteiger partial charge on any atom is 0.329 e. The van der Waals surface area contributed by atoms with Crippen LogP contribution in [0.5, 0.6) is 11.6 Å². The van der Waals surface area contributed by atoms with Crippen LogP contribution in [-0.2, 0) is 67.3 Å². The van der Waals surface area contributed by atoms with Gasteiger partial charge in [0.2, 0.25) is 51.3 Å². The third kappa shape index (κ3) is 17.3. The van der Waals surface area contributed by atoms with E-state index in [1.807, 2.05) is 11.8 Å². The normalized spacial score (nSPS) is 25.2. The van der Waals surface area contributed by atoms with Gasteiger partial charge in [-0.05, 0) is 87.4 Å². The Hall–Kier alpha value is -6.82. The molecule has 482 valence electrons. The second-order valence-corrected chi connectivity index (χ2v) is 26.6. The summed E-state index contributed by atoms with van der Waals surface area (Å²) in [6, 6.07) is 3.85.